The van der Waals surface area contributed by atoms with Crippen molar-refractivity contribution in [2.24, 2.45) is 0 Å². The third-order valence-corrected chi connectivity index (χ3v) is 9.85. The highest BCUT2D eigenvalue weighted by Crippen LogP contribution is 2.43. The number of amides is 1. The summed E-state index contributed by atoms with van der Waals surface area (Å²) in [7, 11) is -4.76. The molecular formula is C42H76NO10P. The topological polar surface area (TPSA) is 169 Å². The van der Waals surface area contributed by atoms with Crippen LogP contribution in [0.4, 0.5) is 0 Å². The van der Waals surface area contributed by atoms with Crippen molar-refractivity contribution in [3.05, 3.63) is 36.5 Å². The Kier molecular flexibility index (Phi) is 36.0. The van der Waals surface area contributed by atoms with Gasteiger partial charge in [-0.25, -0.2) is 9.36 Å². The van der Waals surface area contributed by atoms with Gasteiger partial charge in [0.15, 0.2) is 6.04 Å². The van der Waals surface area contributed by atoms with Crippen molar-refractivity contribution < 1.29 is 47.8 Å². The molecule has 12 heteroatoms. The zero-order valence-corrected chi connectivity index (χ0v) is 34.7. The molecule has 0 aliphatic rings. The van der Waals surface area contributed by atoms with E-state index < -0.39 is 57.6 Å². The van der Waals surface area contributed by atoms with Crippen molar-refractivity contribution in [1.82, 2.24) is 5.32 Å². The average molecular weight is 786 g/mol. The molecule has 0 aromatic carbocycles. The van der Waals surface area contributed by atoms with E-state index in [0.29, 0.717) is 12.8 Å². The van der Waals surface area contributed by atoms with Crippen LogP contribution in [0.1, 0.15) is 181 Å². The van der Waals surface area contributed by atoms with Gasteiger partial charge in [0.1, 0.15) is 12.7 Å². The quantitative estimate of drug-likeness (QED) is 0.0204. The molecule has 0 fully saturated rings. The second-order valence-corrected chi connectivity index (χ2v) is 15.6. The molecule has 314 valence electrons. The minimum Gasteiger partial charge on any atom is -0.480 e. The van der Waals surface area contributed by atoms with Gasteiger partial charge in [0.05, 0.1) is 13.2 Å². The third kappa shape index (κ3) is 36.7. The molecule has 54 heavy (non-hydrogen) atoms. The molecule has 0 radical (unpaired) electrons. The minimum atomic E-state index is -4.76. The Morgan fingerprint density at radius 2 is 1.02 bits per heavy atom. The van der Waals surface area contributed by atoms with Gasteiger partial charge in [0, 0.05) is 12.8 Å². The van der Waals surface area contributed by atoms with Crippen LogP contribution >= 0.6 is 7.82 Å². The Balaban J connectivity index is 3.96. The lowest BCUT2D eigenvalue weighted by Gasteiger charge is -2.18. The van der Waals surface area contributed by atoms with Crippen LogP contribution in [-0.2, 0) is 32.7 Å². The third-order valence-electron chi connectivity index (χ3n) is 8.90. The molecule has 0 saturated heterocycles. The lowest BCUT2D eigenvalue weighted by Crippen LogP contribution is -2.43. The summed E-state index contributed by atoms with van der Waals surface area (Å²) in [5, 5.41) is 21.8. The van der Waals surface area contributed by atoms with E-state index >= 15 is 0 Å². The summed E-state index contributed by atoms with van der Waals surface area (Å²) < 4.78 is 26.8. The fraction of sp³-hybridized carbons (Fsp3) is 0.786. The first-order valence-corrected chi connectivity index (χ1v) is 22.5. The highest BCUT2D eigenvalue weighted by atomic mass is 31.2. The SMILES string of the molecule is CCCCCC/C=C\C/C=C\CCCCCCCC(=O)NC(COP(=O)(O)OCC(O)COC(=O)CCCCCCC/C=C\CCCCCCC)C(=O)O. The number of aliphatic hydroxyl groups excluding tert-OH is 1. The maximum Gasteiger partial charge on any atom is 0.472 e. The van der Waals surface area contributed by atoms with Crippen LogP contribution in [0.15, 0.2) is 36.5 Å². The summed E-state index contributed by atoms with van der Waals surface area (Å²) in [6.45, 7) is 2.54. The Labute approximate surface area is 327 Å². The number of esters is 1. The Morgan fingerprint density at radius 3 is 1.54 bits per heavy atom. The van der Waals surface area contributed by atoms with Gasteiger partial charge in [-0.2, -0.15) is 0 Å². The molecule has 0 rings (SSSR count). The molecule has 3 atom stereocenters. The summed E-state index contributed by atoms with van der Waals surface area (Å²) >= 11 is 0. The largest absolute Gasteiger partial charge is 0.480 e. The van der Waals surface area contributed by atoms with Gasteiger partial charge >= 0.3 is 19.8 Å². The fourth-order valence-corrected chi connectivity index (χ4v) is 6.35. The van der Waals surface area contributed by atoms with Crippen molar-refractivity contribution in [3.8, 4) is 0 Å². The molecule has 0 aromatic heterocycles. The number of ether oxygens (including phenoxy) is 1. The zero-order valence-electron chi connectivity index (χ0n) is 33.8. The van der Waals surface area contributed by atoms with Gasteiger partial charge in [-0.3, -0.25) is 18.6 Å². The number of hydrogen-bond acceptors (Lipinski definition) is 8. The lowest BCUT2D eigenvalue weighted by molar-refractivity contribution is -0.147. The van der Waals surface area contributed by atoms with Crippen LogP contribution in [0.5, 0.6) is 0 Å². The summed E-state index contributed by atoms with van der Waals surface area (Å²) in [6, 6.07) is -1.55. The Morgan fingerprint density at radius 1 is 0.593 bits per heavy atom. The van der Waals surface area contributed by atoms with Crippen molar-refractivity contribution in [2.45, 2.75) is 193 Å². The van der Waals surface area contributed by atoms with Crippen molar-refractivity contribution in [2.75, 3.05) is 19.8 Å². The molecule has 0 aliphatic carbocycles. The zero-order chi connectivity index (χ0) is 40.0. The number of carboxylic acids is 1. The van der Waals surface area contributed by atoms with Crippen LogP contribution in [0.3, 0.4) is 0 Å². The molecule has 0 saturated carbocycles. The summed E-state index contributed by atoms with van der Waals surface area (Å²) in [5.41, 5.74) is 0. The van der Waals surface area contributed by atoms with Crippen LogP contribution < -0.4 is 5.32 Å². The van der Waals surface area contributed by atoms with Crippen LogP contribution in [0.25, 0.3) is 0 Å². The second kappa shape index (κ2) is 37.6. The molecule has 0 heterocycles. The molecule has 1 amide bonds. The number of unbranched alkanes of at least 4 members (excludes halogenated alkanes) is 19. The first kappa shape index (κ1) is 51.7. The van der Waals surface area contributed by atoms with E-state index in [0.717, 1.165) is 83.5 Å². The fourth-order valence-electron chi connectivity index (χ4n) is 5.57. The summed E-state index contributed by atoms with van der Waals surface area (Å²) in [6.07, 6.45) is 38.8. The molecule has 3 unspecified atom stereocenters. The van der Waals surface area contributed by atoms with E-state index in [2.05, 4.69) is 55.6 Å². The van der Waals surface area contributed by atoms with Gasteiger partial charge in [0.2, 0.25) is 5.91 Å². The number of carboxylic acid groups (broad SMARTS) is 1. The number of phosphoric ester groups is 1. The number of carbonyl (C=O) groups is 3. The van der Waals surface area contributed by atoms with Gasteiger partial charge in [0.25, 0.3) is 0 Å². The molecule has 11 nitrogen and oxygen atoms in total. The highest BCUT2D eigenvalue weighted by Gasteiger charge is 2.28. The predicted octanol–water partition coefficient (Wildman–Crippen LogP) is 10.4. The molecule has 0 spiro atoms. The monoisotopic (exact) mass is 786 g/mol. The number of aliphatic carboxylic acids is 1. The van der Waals surface area contributed by atoms with Crippen LogP contribution in [-0.4, -0.2) is 64.9 Å². The lowest BCUT2D eigenvalue weighted by atomic mass is 10.1. The number of aliphatic hydroxyl groups is 1. The average Bonchev–Trinajstić information content (AvgIpc) is 3.14. The number of rotatable bonds is 39. The smallest absolute Gasteiger partial charge is 0.472 e. The van der Waals surface area contributed by atoms with E-state index in [1.165, 1.54) is 57.8 Å². The van der Waals surface area contributed by atoms with Gasteiger partial charge in [-0.05, 0) is 70.6 Å². The van der Waals surface area contributed by atoms with Crippen LogP contribution in [0, 0.1) is 0 Å². The molecule has 0 aliphatic heterocycles. The maximum atomic E-state index is 12.3. The molecule has 0 bridgehead atoms. The minimum absolute atomic E-state index is 0.129. The first-order chi connectivity index (χ1) is 26.1. The standard InChI is InChI=1S/C42H76NO10P/c1-3-5-7-9-11-13-15-17-19-20-21-23-25-27-29-31-33-40(45)43-39(42(47)48)37-53-54(49,50)52-36-38(44)35-51-41(46)34-32-30-28-26-24-22-18-16-14-12-10-8-6-4-2/h13,15-16,18-20,38-39,44H,3-12,14,17,21-37H2,1-2H3,(H,43,45)(H,47,48)(H,49,50)/b15-13-,18-16-,20-19-. The molecule has 0 aromatic rings. The van der Waals surface area contributed by atoms with E-state index in [-0.39, 0.29) is 12.8 Å². The van der Waals surface area contributed by atoms with Gasteiger partial charge < -0.3 is 25.2 Å². The van der Waals surface area contributed by atoms with E-state index in [4.69, 9.17) is 13.8 Å². The number of hydrogen-bond donors (Lipinski definition) is 4. The van der Waals surface area contributed by atoms with Gasteiger partial charge in [-0.15, -0.1) is 0 Å². The number of carbonyl (C=O) groups excluding carboxylic acids is 2. The Bertz CT molecular complexity index is 1060. The van der Waals surface area contributed by atoms with Crippen LogP contribution in [0.2, 0.25) is 0 Å². The number of nitrogens with one attached hydrogen (secondary N) is 1. The van der Waals surface area contributed by atoms with Crippen molar-refractivity contribution in [3.63, 3.8) is 0 Å². The summed E-state index contributed by atoms with van der Waals surface area (Å²) in [5.74, 6) is -2.40. The molecular weight excluding hydrogens is 709 g/mol. The normalized spacial score (nSPS) is 14.1. The molecule has 4 N–H and O–H groups in total. The van der Waals surface area contributed by atoms with Crippen molar-refractivity contribution in [1.29, 1.82) is 0 Å². The van der Waals surface area contributed by atoms with E-state index in [1.54, 1.807) is 0 Å². The second-order valence-electron chi connectivity index (χ2n) is 14.2. The first-order valence-electron chi connectivity index (χ1n) is 21.0. The van der Waals surface area contributed by atoms with Crippen molar-refractivity contribution >= 4 is 25.7 Å². The number of phosphoric acid groups is 1. The van der Waals surface area contributed by atoms with Gasteiger partial charge in [-0.1, -0.05) is 134 Å². The van der Waals surface area contributed by atoms with E-state index in [1.807, 2.05) is 0 Å². The maximum absolute atomic E-state index is 12.3. The van der Waals surface area contributed by atoms with E-state index in [9.17, 15) is 34.1 Å². The summed E-state index contributed by atoms with van der Waals surface area (Å²) in [4.78, 5) is 45.8. The predicted molar refractivity (Wildman–Crippen MR) is 217 cm³/mol. The highest BCUT2D eigenvalue weighted by molar-refractivity contribution is 7.47. The number of allylic oxidation sites excluding steroid dienone is 6. The Hall–Kier alpha value is -2.30.